The normalized spacial score (nSPS) is 17.1. The molecular formula is C13H18BrClN2O. The molecule has 1 aromatic rings. The highest BCUT2D eigenvalue weighted by Gasteiger charge is 2.12. The second-order valence-corrected chi connectivity index (χ2v) is 5.76. The molecule has 0 aromatic heterocycles. The van der Waals surface area contributed by atoms with E-state index in [1.54, 1.807) is 7.11 Å². The number of methoxy groups -OCH3 is 1. The minimum atomic E-state index is 0.535. The molecule has 0 saturated carbocycles. The van der Waals surface area contributed by atoms with Gasteiger partial charge in [0.1, 0.15) is 0 Å². The van der Waals surface area contributed by atoms with Gasteiger partial charge in [-0.2, -0.15) is 0 Å². The Morgan fingerprint density at radius 2 is 2.11 bits per heavy atom. The van der Waals surface area contributed by atoms with Crippen LogP contribution in [-0.2, 0) is 17.9 Å². The summed E-state index contributed by atoms with van der Waals surface area (Å²) in [6.07, 6.45) is 0. The molecule has 1 N–H and O–H groups in total. The van der Waals surface area contributed by atoms with Gasteiger partial charge in [-0.15, -0.1) is 0 Å². The Hall–Kier alpha value is -0.130. The average molecular weight is 334 g/mol. The van der Waals surface area contributed by atoms with Crippen molar-refractivity contribution in [3.8, 4) is 0 Å². The SMILES string of the molecule is COCc1c(Cl)cc(CN2CCNCC2)cc1Br. The number of halogens is 2. The maximum Gasteiger partial charge on any atom is 0.0738 e. The summed E-state index contributed by atoms with van der Waals surface area (Å²) in [5.74, 6) is 0. The van der Waals surface area contributed by atoms with E-state index in [2.05, 4.69) is 32.2 Å². The Bertz CT molecular complexity index is 385. The average Bonchev–Trinajstić information content (AvgIpc) is 2.35. The molecule has 0 radical (unpaired) electrons. The van der Waals surface area contributed by atoms with E-state index < -0.39 is 0 Å². The molecule has 0 aliphatic carbocycles. The van der Waals surface area contributed by atoms with E-state index in [1.807, 2.05) is 6.07 Å². The minimum absolute atomic E-state index is 0.535. The first-order valence-corrected chi connectivity index (χ1v) is 7.26. The van der Waals surface area contributed by atoms with Gasteiger partial charge in [0.2, 0.25) is 0 Å². The third kappa shape index (κ3) is 3.68. The van der Waals surface area contributed by atoms with Gasteiger partial charge in [0, 0.05) is 54.9 Å². The molecule has 0 atom stereocenters. The molecule has 1 aliphatic heterocycles. The zero-order valence-corrected chi connectivity index (χ0v) is 12.9. The molecule has 1 saturated heterocycles. The molecule has 2 rings (SSSR count). The summed E-state index contributed by atoms with van der Waals surface area (Å²) in [7, 11) is 1.68. The number of rotatable bonds is 4. The molecule has 100 valence electrons. The van der Waals surface area contributed by atoms with E-state index >= 15 is 0 Å². The van der Waals surface area contributed by atoms with E-state index in [0.717, 1.165) is 47.8 Å². The first kappa shape index (κ1) is 14.3. The number of piperazine rings is 1. The highest BCUT2D eigenvalue weighted by molar-refractivity contribution is 9.10. The van der Waals surface area contributed by atoms with Gasteiger partial charge in [0.05, 0.1) is 6.61 Å². The molecule has 1 fully saturated rings. The van der Waals surface area contributed by atoms with Crippen LogP contribution in [0.3, 0.4) is 0 Å². The van der Waals surface area contributed by atoms with Crippen LogP contribution in [0.2, 0.25) is 5.02 Å². The smallest absolute Gasteiger partial charge is 0.0738 e. The third-order valence-electron chi connectivity index (χ3n) is 3.11. The minimum Gasteiger partial charge on any atom is -0.380 e. The number of nitrogens with one attached hydrogen (secondary N) is 1. The number of ether oxygens (including phenoxy) is 1. The predicted molar refractivity (Wildman–Crippen MR) is 78.0 cm³/mol. The van der Waals surface area contributed by atoms with Crippen LogP contribution in [0.15, 0.2) is 16.6 Å². The van der Waals surface area contributed by atoms with Crippen LogP contribution in [0.5, 0.6) is 0 Å². The van der Waals surface area contributed by atoms with Crippen molar-refractivity contribution in [3.63, 3.8) is 0 Å². The topological polar surface area (TPSA) is 24.5 Å². The van der Waals surface area contributed by atoms with Crippen molar-refractivity contribution in [1.82, 2.24) is 10.2 Å². The standard InChI is InChI=1S/C13H18BrClN2O/c1-18-9-11-12(14)6-10(7-13(11)15)8-17-4-2-16-3-5-17/h6-7,16H,2-5,8-9H2,1H3. The summed E-state index contributed by atoms with van der Waals surface area (Å²) in [6.45, 7) is 5.80. The second kappa shape index (κ2) is 6.87. The number of nitrogens with zero attached hydrogens (tertiary/aromatic N) is 1. The highest BCUT2D eigenvalue weighted by atomic mass is 79.9. The van der Waals surface area contributed by atoms with Crippen molar-refractivity contribution < 1.29 is 4.74 Å². The lowest BCUT2D eigenvalue weighted by atomic mass is 10.1. The van der Waals surface area contributed by atoms with E-state index in [1.165, 1.54) is 5.56 Å². The first-order chi connectivity index (χ1) is 8.70. The molecule has 5 heteroatoms. The Morgan fingerprint density at radius 3 is 2.72 bits per heavy atom. The molecule has 3 nitrogen and oxygen atoms in total. The molecule has 0 unspecified atom stereocenters. The predicted octanol–water partition coefficient (Wildman–Crippen LogP) is 2.65. The van der Waals surface area contributed by atoms with Crippen LogP contribution < -0.4 is 5.32 Å². The van der Waals surface area contributed by atoms with Crippen LogP contribution in [0.4, 0.5) is 0 Å². The number of hydrogen-bond acceptors (Lipinski definition) is 3. The first-order valence-electron chi connectivity index (χ1n) is 6.09. The van der Waals surface area contributed by atoms with Gasteiger partial charge in [-0.05, 0) is 17.7 Å². The summed E-state index contributed by atoms with van der Waals surface area (Å²) in [5, 5.41) is 4.13. The highest BCUT2D eigenvalue weighted by Crippen LogP contribution is 2.28. The van der Waals surface area contributed by atoms with Gasteiger partial charge >= 0.3 is 0 Å². The second-order valence-electron chi connectivity index (χ2n) is 4.50. The van der Waals surface area contributed by atoms with Crippen LogP contribution in [0.25, 0.3) is 0 Å². The van der Waals surface area contributed by atoms with Crippen LogP contribution >= 0.6 is 27.5 Å². The maximum absolute atomic E-state index is 6.29. The van der Waals surface area contributed by atoms with Gasteiger partial charge in [0.15, 0.2) is 0 Å². The fourth-order valence-electron chi connectivity index (χ4n) is 2.16. The van der Waals surface area contributed by atoms with Crippen molar-refractivity contribution in [2.75, 3.05) is 33.3 Å². The third-order valence-corrected chi connectivity index (χ3v) is 4.15. The summed E-state index contributed by atoms with van der Waals surface area (Å²) >= 11 is 9.86. The number of hydrogen-bond donors (Lipinski definition) is 1. The maximum atomic E-state index is 6.29. The van der Waals surface area contributed by atoms with E-state index in [4.69, 9.17) is 16.3 Å². The summed E-state index contributed by atoms with van der Waals surface area (Å²) in [4.78, 5) is 2.44. The molecule has 1 heterocycles. The van der Waals surface area contributed by atoms with Gasteiger partial charge in [-0.1, -0.05) is 27.5 Å². The lowest BCUT2D eigenvalue weighted by Crippen LogP contribution is -2.42. The summed E-state index contributed by atoms with van der Waals surface area (Å²) < 4.78 is 6.18. The van der Waals surface area contributed by atoms with Gasteiger partial charge in [0.25, 0.3) is 0 Å². The largest absolute Gasteiger partial charge is 0.380 e. The zero-order valence-electron chi connectivity index (χ0n) is 10.5. The molecule has 0 bridgehead atoms. The molecule has 1 aliphatic rings. The van der Waals surface area contributed by atoms with Gasteiger partial charge in [-0.3, -0.25) is 4.90 Å². The quantitative estimate of drug-likeness (QED) is 0.917. The Balaban J connectivity index is 2.09. The molecule has 1 aromatic carbocycles. The van der Waals surface area contributed by atoms with Crippen molar-refractivity contribution >= 4 is 27.5 Å². The Kier molecular flexibility index (Phi) is 5.45. The van der Waals surface area contributed by atoms with Gasteiger partial charge < -0.3 is 10.1 Å². The van der Waals surface area contributed by atoms with E-state index in [-0.39, 0.29) is 0 Å². The summed E-state index contributed by atoms with van der Waals surface area (Å²) in [6, 6.07) is 4.19. The van der Waals surface area contributed by atoms with Crippen LogP contribution in [-0.4, -0.2) is 38.2 Å². The number of benzene rings is 1. The molecular weight excluding hydrogens is 316 g/mol. The van der Waals surface area contributed by atoms with E-state index in [0.29, 0.717) is 6.61 Å². The summed E-state index contributed by atoms with van der Waals surface area (Å²) in [5.41, 5.74) is 2.26. The Morgan fingerprint density at radius 1 is 1.39 bits per heavy atom. The molecule has 0 spiro atoms. The van der Waals surface area contributed by atoms with Crippen molar-refractivity contribution in [2.45, 2.75) is 13.2 Å². The fourth-order valence-corrected chi connectivity index (χ4v) is 3.19. The van der Waals surface area contributed by atoms with Crippen molar-refractivity contribution in [3.05, 3.63) is 32.8 Å². The van der Waals surface area contributed by atoms with Crippen molar-refractivity contribution in [1.29, 1.82) is 0 Å². The van der Waals surface area contributed by atoms with Crippen LogP contribution in [0.1, 0.15) is 11.1 Å². The molecule has 0 amide bonds. The van der Waals surface area contributed by atoms with Crippen LogP contribution in [0, 0.1) is 0 Å². The zero-order chi connectivity index (χ0) is 13.0. The lowest BCUT2D eigenvalue weighted by Gasteiger charge is -2.27. The fraction of sp³-hybridized carbons (Fsp3) is 0.538. The monoisotopic (exact) mass is 332 g/mol. The molecule has 18 heavy (non-hydrogen) atoms. The lowest BCUT2D eigenvalue weighted by molar-refractivity contribution is 0.184. The van der Waals surface area contributed by atoms with Gasteiger partial charge in [-0.25, -0.2) is 0 Å². The van der Waals surface area contributed by atoms with E-state index in [9.17, 15) is 0 Å². The Labute approximate surface area is 122 Å². The van der Waals surface area contributed by atoms with Crippen molar-refractivity contribution in [2.24, 2.45) is 0 Å².